The van der Waals surface area contributed by atoms with Gasteiger partial charge in [-0.15, -0.1) is 0 Å². The second kappa shape index (κ2) is 5.05. The van der Waals surface area contributed by atoms with E-state index in [4.69, 9.17) is 5.26 Å². The quantitative estimate of drug-likeness (QED) is 0.887. The fraction of sp³-hybridized carbons (Fsp3) is 0.500. The van der Waals surface area contributed by atoms with Gasteiger partial charge in [-0.05, 0) is 30.2 Å². The third-order valence-electron chi connectivity index (χ3n) is 3.24. The van der Waals surface area contributed by atoms with Crippen molar-refractivity contribution in [3.8, 4) is 6.07 Å². The van der Waals surface area contributed by atoms with Gasteiger partial charge in [0.2, 0.25) is 0 Å². The number of nitrogens with zero attached hydrogens (tertiary/aromatic N) is 2. The first-order chi connectivity index (χ1) is 8.54. The molecule has 1 aromatic carbocycles. The Bertz CT molecular complexity index is 475. The first-order valence-corrected chi connectivity index (χ1v) is 6.19. The molecule has 1 aromatic rings. The van der Waals surface area contributed by atoms with Gasteiger partial charge in [0.1, 0.15) is 5.82 Å². The van der Waals surface area contributed by atoms with Crippen LogP contribution in [0.15, 0.2) is 18.2 Å². The molecular weight excluding hydrogens is 231 g/mol. The monoisotopic (exact) mass is 248 g/mol. The molecule has 1 heterocycles. The Kier molecular flexibility index (Phi) is 3.65. The molecule has 0 spiro atoms. The molecule has 0 aromatic heterocycles. The molecule has 0 amide bonds. The lowest BCUT2D eigenvalue weighted by atomic mass is 9.89. The van der Waals surface area contributed by atoms with Crippen LogP contribution in [0, 0.1) is 17.1 Å². The number of hydrogen-bond acceptors (Lipinski definition) is 3. The molecular formula is C14H17FN2O. The van der Waals surface area contributed by atoms with Crippen LogP contribution >= 0.6 is 0 Å². The van der Waals surface area contributed by atoms with Crippen molar-refractivity contribution in [1.29, 1.82) is 5.26 Å². The highest BCUT2D eigenvalue weighted by Gasteiger charge is 2.39. The van der Waals surface area contributed by atoms with Gasteiger partial charge >= 0.3 is 0 Å². The highest BCUT2D eigenvalue weighted by molar-refractivity contribution is 5.33. The number of rotatable bonds is 4. The lowest BCUT2D eigenvalue weighted by Crippen LogP contribution is -2.60. The van der Waals surface area contributed by atoms with Gasteiger partial charge < -0.3 is 5.11 Å². The molecule has 1 N–H and O–H groups in total. The van der Waals surface area contributed by atoms with Crippen molar-refractivity contribution in [2.45, 2.75) is 31.9 Å². The van der Waals surface area contributed by atoms with Crippen LogP contribution in [0.2, 0.25) is 0 Å². The molecule has 0 saturated carbocycles. The Hall–Kier alpha value is -1.44. The van der Waals surface area contributed by atoms with Crippen molar-refractivity contribution in [3.05, 3.63) is 35.1 Å². The fourth-order valence-corrected chi connectivity index (χ4v) is 2.59. The zero-order valence-electron chi connectivity index (χ0n) is 10.5. The first-order valence-electron chi connectivity index (χ1n) is 6.19. The topological polar surface area (TPSA) is 47.3 Å². The summed E-state index contributed by atoms with van der Waals surface area (Å²) in [6.45, 7) is 3.88. The Balaban J connectivity index is 1.96. The van der Waals surface area contributed by atoms with Gasteiger partial charge in [0.15, 0.2) is 0 Å². The molecule has 4 heteroatoms. The summed E-state index contributed by atoms with van der Waals surface area (Å²) in [5.74, 6) is -0.381. The number of halogens is 1. The van der Waals surface area contributed by atoms with E-state index in [0.29, 0.717) is 25.2 Å². The molecule has 1 saturated heterocycles. The molecule has 0 bridgehead atoms. The summed E-state index contributed by atoms with van der Waals surface area (Å²) < 4.78 is 13.2. The SMILES string of the molecule is CCCC1(O)CN(Cc2cc(F)cc(C#N)c2)C1. The molecule has 2 rings (SSSR count). The summed E-state index contributed by atoms with van der Waals surface area (Å²) in [5, 5.41) is 18.8. The van der Waals surface area contributed by atoms with Gasteiger partial charge in [-0.25, -0.2) is 4.39 Å². The zero-order chi connectivity index (χ0) is 13.2. The van der Waals surface area contributed by atoms with Crippen molar-refractivity contribution < 1.29 is 9.50 Å². The molecule has 0 unspecified atom stereocenters. The third kappa shape index (κ3) is 2.87. The number of β-amino-alcohol motifs (C(OH)–C–C–N with tert-alkyl or cyclic N) is 1. The van der Waals surface area contributed by atoms with Gasteiger partial charge in [-0.3, -0.25) is 4.90 Å². The lowest BCUT2D eigenvalue weighted by molar-refractivity contribution is -0.106. The van der Waals surface area contributed by atoms with Gasteiger partial charge in [0, 0.05) is 19.6 Å². The van der Waals surface area contributed by atoms with E-state index < -0.39 is 5.60 Å². The second-order valence-corrected chi connectivity index (χ2v) is 5.08. The van der Waals surface area contributed by atoms with E-state index in [2.05, 4.69) is 4.90 Å². The molecule has 18 heavy (non-hydrogen) atoms. The summed E-state index contributed by atoms with van der Waals surface area (Å²) in [5.41, 5.74) is 0.555. The van der Waals surface area contributed by atoms with E-state index in [0.717, 1.165) is 18.4 Å². The minimum atomic E-state index is -0.569. The molecule has 1 fully saturated rings. The first kappa shape index (κ1) is 13.0. The van der Waals surface area contributed by atoms with Crippen molar-refractivity contribution in [2.24, 2.45) is 0 Å². The maximum atomic E-state index is 13.2. The van der Waals surface area contributed by atoms with Crippen LogP contribution in [0.1, 0.15) is 30.9 Å². The highest BCUT2D eigenvalue weighted by Crippen LogP contribution is 2.27. The van der Waals surface area contributed by atoms with E-state index in [9.17, 15) is 9.50 Å². The van der Waals surface area contributed by atoms with Crippen LogP contribution in [-0.4, -0.2) is 28.7 Å². The zero-order valence-corrected chi connectivity index (χ0v) is 10.5. The maximum Gasteiger partial charge on any atom is 0.124 e. The van der Waals surface area contributed by atoms with Crippen LogP contribution in [0.4, 0.5) is 4.39 Å². The minimum Gasteiger partial charge on any atom is -0.387 e. The predicted molar refractivity (Wildman–Crippen MR) is 66.2 cm³/mol. The summed E-state index contributed by atoms with van der Waals surface area (Å²) in [7, 11) is 0. The van der Waals surface area contributed by atoms with Gasteiger partial charge in [0.25, 0.3) is 0 Å². The Labute approximate surface area is 106 Å². The van der Waals surface area contributed by atoms with E-state index in [1.807, 2.05) is 13.0 Å². The van der Waals surface area contributed by atoms with Crippen LogP contribution in [0.3, 0.4) is 0 Å². The summed E-state index contributed by atoms with van der Waals surface area (Å²) >= 11 is 0. The van der Waals surface area contributed by atoms with Crippen molar-refractivity contribution in [3.63, 3.8) is 0 Å². The van der Waals surface area contributed by atoms with Crippen molar-refractivity contribution >= 4 is 0 Å². The standard InChI is InChI=1S/C14H17FN2O/c1-2-3-14(18)9-17(10-14)8-12-4-11(7-16)5-13(15)6-12/h4-6,18H,2-3,8-10H2,1H3. The van der Waals surface area contributed by atoms with Gasteiger partial charge in [-0.1, -0.05) is 13.3 Å². The minimum absolute atomic E-state index is 0.342. The van der Waals surface area contributed by atoms with Crippen molar-refractivity contribution in [1.82, 2.24) is 4.90 Å². The van der Waals surface area contributed by atoms with Gasteiger partial charge in [0.05, 0.1) is 17.2 Å². The van der Waals surface area contributed by atoms with E-state index in [1.165, 1.54) is 12.1 Å². The summed E-state index contributed by atoms with van der Waals surface area (Å²) in [6.07, 6.45) is 1.76. The lowest BCUT2D eigenvalue weighted by Gasteiger charge is -2.46. The largest absolute Gasteiger partial charge is 0.387 e. The Morgan fingerprint density at radius 2 is 2.17 bits per heavy atom. The van der Waals surface area contributed by atoms with Crippen molar-refractivity contribution in [2.75, 3.05) is 13.1 Å². The number of likely N-dealkylation sites (tertiary alicyclic amines) is 1. The molecule has 3 nitrogen and oxygen atoms in total. The average molecular weight is 248 g/mol. The predicted octanol–water partition coefficient (Wildman–Crippen LogP) is 2.04. The molecule has 1 aliphatic rings. The summed E-state index contributed by atoms with van der Waals surface area (Å²) in [6, 6.07) is 6.31. The van der Waals surface area contributed by atoms with Crippen LogP contribution < -0.4 is 0 Å². The molecule has 0 aliphatic carbocycles. The van der Waals surface area contributed by atoms with Gasteiger partial charge in [-0.2, -0.15) is 5.26 Å². The summed E-state index contributed by atoms with van der Waals surface area (Å²) in [4.78, 5) is 2.06. The smallest absolute Gasteiger partial charge is 0.124 e. The second-order valence-electron chi connectivity index (χ2n) is 5.08. The highest BCUT2D eigenvalue weighted by atomic mass is 19.1. The van der Waals surface area contributed by atoms with Crippen LogP contribution in [0.5, 0.6) is 0 Å². The molecule has 0 atom stereocenters. The molecule has 0 radical (unpaired) electrons. The normalized spacial score (nSPS) is 18.1. The number of nitriles is 1. The molecule has 1 aliphatic heterocycles. The Morgan fingerprint density at radius 3 is 2.78 bits per heavy atom. The number of hydrogen-bond donors (Lipinski definition) is 1. The van der Waals surface area contributed by atoms with Crippen LogP contribution in [0.25, 0.3) is 0 Å². The molecule has 96 valence electrons. The number of benzene rings is 1. The van der Waals surface area contributed by atoms with Crippen LogP contribution in [-0.2, 0) is 6.54 Å². The maximum absolute atomic E-state index is 13.2. The third-order valence-corrected chi connectivity index (χ3v) is 3.24. The van der Waals surface area contributed by atoms with E-state index >= 15 is 0 Å². The van der Waals surface area contributed by atoms with E-state index in [1.54, 1.807) is 6.07 Å². The average Bonchev–Trinajstić information content (AvgIpc) is 2.26. The Morgan fingerprint density at radius 1 is 1.44 bits per heavy atom. The van der Waals surface area contributed by atoms with E-state index in [-0.39, 0.29) is 5.82 Å². The number of aliphatic hydroxyl groups is 1. The fourth-order valence-electron chi connectivity index (χ4n) is 2.59.